The van der Waals surface area contributed by atoms with Crippen LogP contribution in [0.5, 0.6) is 0 Å². The molecule has 0 amide bonds. The monoisotopic (exact) mass is 528 g/mol. The second-order valence-electron chi connectivity index (χ2n) is 4.73. The van der Waals surface area contributed by atoms with Gasteiger partial charge in [-0.25, -0.2) is 0 Å². The predicted octanol–water partition coefficient (Wildman–Crippen LogP) is 3.30. The van der Waals surface area contributed by atoms with Crippen LogP contribution in [0.25, 0.3) is 0 Å². The molecule has 0 aromatic carbocycles. The molecule has 182 valence electrons. The number of rotatable bonds is 9. The van der Waals surface area contributed by atoms with Crippen molar-refractivity contribution in [2.45, 2.75) is 42.2 Å². The van der Waals surface area contributed by atoms with Crippen molar-refractivity contribution in [3.05, 3.63) is 12.7 Å². The molecule has 0 atom stereocenters. The molecule has 0 bridgehead atoms. The first kappa shape index (κ1) is 31.1. The van der Waals surface area contributed by atoms with Crippen molar-refractivity contribution in [1.29, 1.82) is 0 Å². The van der Waals surface area contributed by atoms with E-state index in [4.69, 9.17) is 0 Å². The van der Waals surface area contributed by atoms with Gasteiger partial charge in [-0.15, -0.1) is 10.2 Å². The Hall–Kier alpha value is -1.12. The van der Waals surface area contributed by atoms with E-state index < -0.39 is 53.5 Å². The number of hydrogen-bond donors (Lipinski definition) is 0. The van der Waals surface area contributed by atoms with Crippen molar-refractivity contribution in [2.75, 3.05) is 6.61 Å². The molecule has 0 unspecified atom stereocenters. The van der Waals surface area contributed by atoms with Crippen LogP contribution in [0.3, 0.4) is 0 Å². The maximum absolute atomic E-state index is 11.7. The van der Waals surface area contributed by atoms with Gasteiger partial charge in [-0.3, -0.25) is 4.18 Å². The van der Waals surface area contributed by atoms with Gasteiger partial charge in [0.1, 0.15) is 0 Å². The van der Waals surface area contributed by atoms with E-state index in [1.807, 2.05) is 3.63 Å². The molecule has 0 radical (unpaired) electrons. The highest BCUT2D eigenvalue weighted by molar-refractivity contribution is 8.00. The van der Waals surface area contributed by atoms with Crippen LogP contribution in [-0.2, 0) is 38.2 Å². The number of allylic oxidation sites excluding steroid dienone is 1. The fraction of sp³-hybridized carbons (Fsp3) is 0.800. The fourth-order valence-electron chi connectivity index (χ4n) is 0.998. The molecule has 0 fully saturated rings. The molecule has 0 spiro atoms. The Morgan fingerprint density at radius 3 is 1.30 bits per heavy atom. The standard InChI is InChI=1S/C8H13F3O3S.C2F6O5S2/c1-2-3-4-5-6-7-14-15(12,13)8(9,10)11;3-1(4,5)14(9,10)13-15(11,12)2(6,7)8/h2H,1,3-7H2;. The normalized spacial score (nSPS) is 14.0. The fourth-order valence-corrected chi connectivity index (χ4v) is 3.03. The van der Waals surface area contributed by atoms with Gasteiger partial charge in [-0.2, -0.15) is 64.8 Å². The van der Waals surface area contributed by atoms with E-state index in [0.29, 0.717) is 6.42 Å². The van der Waals surface area contributed by atoms with Crippen molar-refractivity contribution in [1.82, 2.24) is 0 Å². The Morgan fingerprint density at radius 2 is 1.00 bits per heavy atom. The number of halogens is 9. The topological polar surface area (TPSA) is 121 Å². The van der Waals surface area contributed by atoms with Gasteiger partial charge in [0.15, 0.2) is 0 Å². The first-order valence-electron chi connectivity index (χ1n) is 6.92. The van der Waals surface area contributed by atoms with Crippen LogP contribution in [0, 0.1) is 0 Å². The minimum Gasteiger partial charge on any atom is -0.263 e. The van der Waals surface area contributed by atoms with E-state index in [0.717, 1.165) is 12.8 Å². The first-order chi connectivity index (χ1) is 13.0. The third-order valence-electron chi connectivity index (χ3n) is 2.32. The van der Waals surface area contributed by atoms with E-state index in [9.17, 15) is 64.8 Å². The molecule has 0 N–H and O–H groups in total. The Balaban J connectivity index is 0. The van der Waals surface area contributed by atoms with Crippen molar-refractivity contribution >= 4 is 30.4 Å². The van der Waals surface area contributed by atoms with E-state index in [1.165, 1.54) is 0 Å². The first-order valence-corrected chi connectivity index (χ1v) is 11.1. The van der Waals surface area contributed by atoms with Gasteiger partial charge in [0, 0.05) is 0 Å². The van der Waals surface area contributed by atoms with Crippen LogP contribution in [0.15, 0.2) is 12.7 Å². The molecule has 30 heavy (non-hydrogen) atoms. The largest absolute Gasteiger partial charge is 0.524 e. The summed E-state index contributed by atoms with van der Waals surface area (Å²) in [6.07, 6.45) is 4.10. The van der Waals surface area contributed by atoms with Crippen molar-refractivity contribution < 1.29 is 72.6 Å². The molecule has 0 saturated carbocycles. The third kappa shape index (κ3) is 10.8. The van der Waals surface area contributed by atoms with Crippen LogP contribution in [0.4, 0.5) is 39.5 Å². The molecule has 0 aromatic rings. The summed E-state index contributed by atoms with van der Waals surface area (Å²) in [6.45, 7) is 3.04. The third-order valence-corrected chi connectivity index (χ3v) is 5.93. The minimum absolute atomic E-state index is 0.281. The van der Waals surface area contributed by atoms with Gasteiger partial charge in [0.05, 0.1) is 6.61 Å². The van der Waals surface area contributed by atoms with Gasteiger partial charge < -0.3 is 0 Å². The van der Waals surface area contributed by atoms with Gasteiger partial charge in [0.2, 0.25) is 0 Å². The van der Waals surface area contributed by atoms with Gasteiger partial charge in [0.25, 0.3) is 0 Å². The second-order valence-corrected chi connectivity index (χ2v) is 9.62. The maximum Gasteiger partial charge on any atom is 0.524 e. The van der Waals surface area contributed by atoms with Crippen molar-refractivity contribution in [3.63, 3.8) is 0 Å². The smallest absolute Gasteiger partial charge is 0.263 e. The van der Waals surface area contributed by atoms with Crippen LogP contribution >= 0.6 is 0 Å². The Labute approximate surface area is 165 Å². The molecule has 0 heterocycles. The van der Waals surface area contributed by atoms with Crippen LogP contribution in [0.1, 0.15) is 25.7 Å². The molecular formula is C10H13F9O8S3. The highest BCUT2D eigenvalue weighted by Gasteiger charge is 2.57. The van der Waals surface area contributed by atoms with Crippen LogP contribution < -0.4 is 0 Å². The predicted molar refractivity (Wildman–Crippen MR) is 80.6 cm³/mol. The number of unbranched alkanes of at least 4 members (excludes halogenated alkanes) is 3. The molecule has 0 rings (SSSR count). The molecular weight excluding hydrogens is 515 g/mol. The lowest BCUT2D eigenvalue weighted by molar-refractivity contribution is -0.0586. The van der Waals surface area contributed by atoms with Crippen LogP contribution in [0.2, 0.25) is 0 Å². The molecule has 0 aliphatic heterocycles. The Kier molecular flexibility index (Phi) is 11.3. The summed E-state index contributed by atoms with van der Waals surface area (Å²) in [7, 11) is -19.1. The number of hydrogen-bond acceptors (Lipinski definition) is 8. The quantitative estimate of drug-likeness (QED) is 0.147. The summed E-state index contributed by atoms with van der Waals surface area (Å²) in [6, 6.07) is 0. The zero-order valence-corrected chi connectivity index (χ0v) is 16.7. The van der Waals surface area contributed by atoms with Gasteiger partial charge in [-0.1, -0.05) is 12.5 Å². The summed E-state index contributed by atoms with van der Waals surface area (Å²) in [5.41, 5.74) is -17.8. The molecule has 0 saturated heterocycles. The highest BCUT2D eigenvalue weighted by atomic mass is 32.3. The minimum atomic E-state index is -6.85. The van der Waals surface area contributed by atoms with Crippen LogP contribution in [-0.4, -0.2) is 48.4 Å². The van der Waals surface area contributed by atoms with E-state index >= 15 is 0 Å². The Bertz CT molecular complexity index is 810. The number of alkyl halides is 9. The van der Waals surface area contributed by atoms with Crippen molar-refractivity contribution in [3.8, 4) is 0 Å². The molecule has 8 nitrogen and oxygen atoms in total. The summed E-state index contributed by atoms with van der Waals surface area (Å²) in [5.74, 6) is 0. The lowest BCUT2D eigenvalue weighted by Gasteiger charge is -2.09. The van der Waals surface area contributed by atoms with Gasteiger partial charge in [-0.05, 0) is 19.3 Å². The SMILES string of the molecule is C=CCCCCCOS(=O)(=O)C(F)(F)F.O=S(=O)(OS(=O)(=O)C(F)(F)F)C(F)(F)F. The van der Waals surface area contributed by atoms with E-state index in [2.05, 4.69) is 10.8 Å². The zero-order chi connectivity index (χ0) is 24.7. The molecule has 0 aliphatic carbocycles. The Morgan fingerprint density at radius 1 is 0.633 bits per heavy atom. The summed E-state index contributed by atoms with van der Waals surface area (Å²) in [5, 5.41) is 0. The lowest BCUT2D eigenvalue weighted by atomic mass is 10.2. The average Bonchev–Trinajstić information content (AvgIpc) is 2.47. The summed E-state index contributed by atoms with van der Waals surface area (Å²) < 4.78 is 170. The zero-order valence-electron chi connectivity index (χ0n) is 14.2. The molecule has 0 aliphatic rings. The molecule has 20 heteroatoms. The highest BCUT2D eigenvalue weighted by Crippen LogP contribution is 2.32. The maximum atomic E-state index is 11.7. The van der Waals surface area contributed by atoms with E-state index in [1.54, 1.807) is 6.08 Å². The summed E-state index contributed by atoms with van der Waals surface area (Å²) in [4.78, 5) is 0. The lowest BCUT2D eigenvalue weighted by Crippen LogP contribution is -2.34. The van der Waals surface area contributed by atoms with Gasteiger partial charge >= 0.3 is 46.9 Å². The second kappa shape index (κ2) is 11.0. The van der Waals surface area contributed by atoms with E-state index in [-0.39, 0.29) is 6.42 Å². The molecule has 0 aromatic heterocycles. The average molecular weight is 528 g/mol. The van der Waals surface area contributed by atoms with Crippen molar-refractivity contribution in [2.24, 2.45) is 0 Å². The summed E-state index contributed by atoms with van der Waals surface area (Å²) >= 11 is 0.